The highest BCUT2D eigenvalue weighted by Crippen LogP contribution is 2.36. The summed E-state index contributed by atoms with van der Waals surface area (Å²) < 4.78 is 54.3. The standard InChI is InChI=1S/C21H19ClF3NO5/c1-12(20(28)26-16-7-5-4-6-14(16)21(23,24)25)31-18(27)9-8-13-10-15(22)19(30-3)17(11-13)29-2/h4-12H,1-3H3,(H,26,28)/b9-8+. The smallest absolute Gasteiger partial charge is 0.418 e. The van der Waals surface area contributed by atoms with E-state index in [1.807, 2.05) is 0 Å². The Hall–Kier alpha value is -3.20. The van der Waals surface area contributed by atoms with Crippen molar-refractivity contribution in [3.8, 4) is 11.5 Å². The summed E-state index contributed by atoms with van der Waals surface area (Å²) in [5, 5.41) is 2.38. The number of rotatable bonds is 7. The molecule has 0 aliphatic rings. The number of nitrogens with one attached hydrogen (secondary N) is 1. The maximum absolute atomic E-state index is 13.0. The normalized spacial score (nSPS) is 12.4. The molecule has 0 aliphatic heterocycles. The lowest BCUT2D eigenvalue weighted by molar-refractivity contribution is -0.148. The third kappa shape index (κ3) is 6.39. The molecule has 1 N–H and O–H groups in total. The zero-order chi connectivity index (χ0) is 23.2. The number of halogens is 4. The molecule has 2 rings (SSSR count). The summed E-state index contributed by atoms with van der Waals surface area (Å²) in [4.78, 5) is 24.2. The first-order chi connectivity index (χ1) is 14.6. The maximum atomic E-state index is 13.0. The van der Waals surface area contributed by atoms with Crippen LogP contribution < -0.4 is 14.8 Å². The number of hydrogen-bond acceptors (Lipinski definition) is 5. The quantitative estimate of drug-likeness (QED) is 0.470. The van der Waals surface area contributed by atoms with Crippen molar-refractivity contribution in [1.82, 2.24) is 0 Å². The van der Waals surface area contributed by atoms with Crippen molar-refractivity contribution in [2.75, 3.05) is 19.5 Å². The van der Waals surface area contributed by atoms with Crippen molar-refractivity contribution >= 4 is 35.2 Å². The van der Waals surface area contributed by atoms with Crippen LogP contribution in [0.1, 0.15) is 18.1 Å². The molecular weight excluding hydrogens is 439 g/mol. The van der Waals surface area contributed by atoms with Gasteiger partial charge in [0.05, 0.1) is 30.5 Å². The summed E-state index contributed by atoms with van der Waals surface area (Å²) in [5.74, 6) is -1.11. The Labute approximate surface area is 181 Å². The maximum Gasteiger partial charge on any atom is 0.418 e. The number of carbonyl (C=O) groups excluding carboxylic acids is 2. The van der Waals surface area contributed by atoms with Crippen LogP contribution >= 0.6 is 11.6 Å². The second-order valence-electron chi connectivity index (χ2n) is 6.18. The van der Waals surface area contributed by atoms with E-state index in [-0.39, 0.29) is 5.02 Å². The molecule has 31 heavy (non-hydrogen) atoms. The molecule has 0 heterocycles. The highest BCUT2D eigenvalue weighted by molar-refractivity contribution is 6.32. The lowest BCUT2D eigenvalue weighted by Gasteiger charge is -2.16. The van der Waals surface area contributed by atoms with E-state index in [1.54, 1.807) is 6.07 Å². The number of ether oxygens (including phenoxy) is 3. The van der Waals surface area contributed by atoms with Crippen LogP contribution in [0.15, 0.2) is 42.5 Å². The molecule has 0 saturated carbocycles. The minimum absolute atomic E-state index is 0.256. The van der Waals surface area contributed by atoms with Gasteiger partial charge in [-0.3, -0.25) is 4.79 Å². The topological polar surface area (TPSA) is 73.9 Å². The Bertz CT molecular complexity index is 991. The van der Waals surface area contributed by atoms with Crippen LogP contribution in [0.3, 0.4) is 0 Å². The highest BCUT2D eigenvalue weighted by Gasteiger charge is 2.34. The van der Waals surface area contributed by atoms with Gasteiger partial charge in [0, 0.05) is 6.08 Å². The summed E-state index contributed by atoms with van der Waals surface area (Å²) in [6.45, 7) is 1.24. The summed E-state index contributed by atoms with van der Waals surface area (Å²) in [6.07, 6.45) is -3.56. The van der Waals surface area contributed by atoms with Crippen LogP contribution in [-0.4, -0.2) is 32.2 Å². The molecule has 0 aliphatic carbocycles. The Morgan fingerprint density at radius 2 is 1.81 bits per heavy atom. The number of alkyl halides is 3. The van der Waals surface area contributed by atoms with Crippen LogP contribution in [0.2, 0.25) is 5.02 Å². The molecule has 166 valence electrons. The lowest BCUT2D eigenvalue weighted by Crippen LogP contribution is -2.30. The summed E-state index contributed by atoms with van der Waals surface area (Å²) in [6, 6.07) is 7.58. The molecule has 1 unspecified atom stereocenters. The Balaban J connectivity index is 2.05. The van der Waals surface area contributed by atoms with Gasteiger partial charge in [0.25, 0.3) is 5.91 Å². The largest absolute Gasteiger partial charge is 0.493 e. The molecule has 0 radical (unpaired) electrons. The van der Waals surface area contributed by atoms with Gasteiger partial charge in [0.2, 0.25) is 0 Å². The van der Waals surface area contributed by atoms with E-state index in [2.05, 4.69) is 5.32 Å². The number of methoxy groups -OCH3 is 2. The van der Waals surface area contributed by atoms with Crippen molar-refractivity contribution < 1.29 is 37.0 Å². The second-order valence-corrected chi connectivity index (χ2v) is 6.59. The molecule has 0 bridgehead atoms. The Morgan fingerprint density at radius 3 is 2.42 bits per heavy atom. The number of esters is 1. The minimum atomic E-state index is -4.65. The van der Waals surface area contributed by atoms with Crippen LogP contribution in [-0.2, 0) is 20.5 Å². The van der Waals surface area contributed by atoms with Gasteiger partial charge in [-0.1, -0.05) is 23.7 Å². The van der Waals surface area contributed by atoms with E-state index in [0.29, 0.717) is 17.1 Å². The monoisotopic (exact) mass is 457 g/mol. The predicted molar refractivity (Wildman–Crippen MR) is 109 cm³/mol. The lowest BCUT2D eigenvalue weighted by atomic mass is 10.1. The Kier molecular flexibility index (Phi) is 7.93. The van der Waals surface area contributed by atoms with Gasteiger partial charge in [-0.25, -0.2) is 4.79 Å². The van der Waals surface area contributed by atoms with Gasteiger partial charge < -0.3 is 19.5 Å². The predicted octanol–water partition coefficient (Wildman–Crippen LogP) is 4.96. The average molecular weight is 458 g/mol. The fraction of sp³-hybridized carbons (Fsp3) is 0.238. The molecule has 0 saturated heterocycles. The van der Waals surface area contributed by atoms with E-state index < -0.39 is 35.4 Å². The van der Waals surface area contributed by atoms with Crippen LogP contribution in [0, 0.1) is 0 Å². The fourth-order valence-electron chi connectivity index (χ4n) is 2.54. The molecule has 0 spiro atoms. The molecule has 2 aromatic carbocycles. The van der Waals surface area contributed by atoms with E-state index >= 15 is 0 Å². The number of hydrogen-bond donors (Lipinski definition) is 1. The zero-order valence-corrected chi connectivity index (χ0v) is 17.5. The molecule has 1 amide bonds. The molecule has 0 aromatic heterocycles. The van der Waals surface area contributed by atoms with Crippen LogP contribution in [0.25, 0.3) is 6.08 Å². The third-order valence-electron chi connectivity index (χ3n) is 4.02. The molecule has 6 nitrogen and oxygen atoms in total. The van der Waals surface area contributed by atoms with Crippen molar-refractivity contribution in [3.63, 3.8) is 0 Å². The van der Waals surface area contributed by atoms with Gasteiger partial charge >= 0.3 is 12.1 Å². The molecular formula is C21H19ClF3NO5. The number of anilines is 1. The average Bonchev–Trinajstić information content (AvgIpc) is 2.71. The van der Waals surface area contributed by atoms with Gasteiger partial charge in [0.15, 0.2) is 17.6 Å². The molecule has 0 fully saturated rings. The number of carbonyl (C=O) groups is 2. The number of para-hydroxylation sites is 1. The van der Waals surface area contributed by atoms with Gasteiger partial charge in [0.1, 0.15) is 0 Å². The van der Waals surface area contributed by atoms with E-state index in [1.165, 1.54) is 45.4 Å². The van der Waals surface area contributed by atoms with E-state index in [0.717, 1.165) is 18.2 Å². The van der Waals surface area contributed by atoms with Crippen LogP contribution in [0.5, 0.6) is 11.5 Å². The van der Waals surface area contributed by atoms with Crippen molar-refractivity contribution in [1.29, 1.82) is 0 Å². The first kappa shape index (κ1) is 24.1. The third-order valence-corrected chi connectivity index (χ3v) is 4.30. The molecule has 2 aromatic rings. The highest BCUT2D eigenvalue weighted by atomic mass is 35.5. The zero-order valence-electron chi connectivity index (χ0n) is 16.7. The molecule has 10 heteroatoms. The number of benzene rings is 2. The summed E-state index contributed by atoms with van der Waals surface area (Å²) in [5.41, 5.74) is -0.943. The Morgan fingerprint density at radius 1 is 1.13 bits per heavy atom. The SMILES string of the molecule is COc1cc(/C=C/C(=O)OC(C)C(=O)Nc2ccccc2C(F)(F)F)cc(Cl)c1OC. The summed E-state index contributed by atoms with van der Waals surface area (Å²) >= 11 is 6.09. The van der Waals surface area contributed by atoms with E-state index in [9.17, 15) is 22.8 Å². The van der Waals surface area contributed by atoms with Gasteiger partial charge in [-0.15, -0.1) is 0 Å². The van der Waals surface area contributed by atoms with Crippen molar-refractivity contribution in [2.45, 2.75) is 19.2 Å². The van der Waals surface area contributed by atoms with Gasteiger partial charge in [-0.05, 0) is 42.8 Å². The first-order valence-corrected chi connectivity index (χ1v) is 9.22. The number of amides is 1. The minimum Gasteiger partial charge on any atom is -0.493 e. The fourth-order valence-corrected chi connectivity index (χ4v) is 2.84. The first-order valence-electron chi connectivity index (χ1n) is 8.84. The van der Waals surface area contributed by atoms with Crippen molar-refractivity contribution in [3.05, 3.63) is 58.6 Å². The summed E-state index contributed by atoms with van der Waals surface area (Å²) in [7, 11) is 2.85. The van der Waals surface area contributed by atoms with Crippen LogP contribution in [0.4, 0.5) is 18.9 Å². The van der Waals surface area contributed by atoms with Gasteiger partial charge in [-0.2, -0.15) is 13.2 Å². The second kappa shape index (κ2) is 10.2. The van der Waals surface area contributed by atoms with Crippen molar-refractivity contribution in [2.24, 2.45) is 0 Å². The van der Waals surface area contributed by atoms with E-state index in [4.69, 9.17) is 25.8 Å². The molecule has 1 atom stereocenters.